The predicted molar refractivity (Wildman–Crippen MR) is 148 cm³/mol. The van der Waals surface area contributed by atoms with Crippen LogP contribution in [0.1, 0.15) is 115 Å². The van der Waals surface area contributed by atoms with Gasteiger partial charge in [0.05, 0.1) is 5.92 Å². The van der Waals surface area contributed by atoms with Crippen molar-refractivity contribution in [2.24, 2.45) is 5.92 Å². The molecule has 0 aromatic heterocycles. The van der Waals surface area contributed by atoms with Crippen molar-refractivity contribution >= 4 is 5.97 Å². The van der Waals surface area contributed by atoms with Crippen LogP contribution in [-0.2, 0) is 16.0 Å². The van der Waals surface area contributed by atoms with Crippen molar-refractivity contribution in [1.29, 1.82) is 0 Å². The smallest absolute Gasteiger partial charge is 0.421 e. The van der Waals surface area contributed by atoms with Gasteiger partial charge in [-0.05, 0) is 81.4 Å². The third-order valence-corrected chi connectivity index (χ3v) is 6.20. The van der Waals surface area contributed by atoms with E-state index in [4.69, 9.17) is 4.74 Å². The number of hydrogen-bond acceptors (Lipinski definition) is 2. The fourth-order valence-electron chi connectivity index (χ4n) is 3.97. The maximum atomic E-state index is 13.4. The molecule has 208 valence electrons. The lowest BCUT2D eigenvalue weighted by Crippen LogP contribution is -2.21. The summed E-state index contributed by atoms with van der Waals surface area (Å²) in [5.74, 6) is -2.36. The number of ether oxygens (including phenoxy) is 1. The molecule has 0 aliphatic carbocycles. The Morgan fingerprint density at radius 2 is 1.41 bits per heavy atom. The Morgan fingerprint density at radius 3 is 1.95 bits per heavy atom. The second kappa shape index (κ2) is 18.9. The van der Waals surface area contributed by atoms with E-state index in [-0.39, 0.29) is 6.42 Å². The van der Waals surface area contributed by atoms with Crippen molar-refractivity contribution in [3.05, 3.63) is 71.5 Å². The van der Waals surface area contributed by atoms with Gasteiger partial charge in [0.1, 0.15) is 0 Å². The SMILES string of the molecule is CCCCC/C=C\C/C=C\CCCCCC/C=C(/OC(=O)C(C)c1ccc(CC(C)C)cc1)C(F)(F)F. The molecular formula is C32H47F3O2. The van der Waals surface area contributed by atoms with E-state index in [0.717, 1.165) is 56.6 Å². The number of carbonyl (C=O) groups is 1. The van der Waals surface area contributed by atoms with Gasteiger partial charge in [0, 0.05) is 0 Å². The highest BCUT2D eigenvalue weighted by Gasteiger charge is 2.38. The summed E-state index contributed by atoms with van der Waals surface area (Å²) in [6, 6.07) is 7.42. The van der Waals surface area contributed by atoms with Gasteiger partial charge in [0.2, 0.25) is 5.76 Å². The number of esters is 1. The summed E-state index contributed by atoms with van der Waals surface area (Å²) in [5.41, 5.74) is 1.78. The van der Waals surface area contributed by atoms with Crippen molar-refractivity contribution < 1.29 is 22.7 Å². The maximum absolute atomic E-state index is 13.4. The lowest BCUT2D eigenvalue weighted by molar-refractivity contribution is -0.161. The summed E-state index contributed by atoms with van der Waals surface area (Å²) in [6.45, 7) is 8.02. The first-order chi connectivity index (χ1) is 17.6. The number of alkyl halides is 3. The Labute approximate surface area is 223 Å². The molecule has 0 amide bonds. The zero-order chi connectivity index (χ0) is 27.5. The van der Waals surface area contributed by atoms with Crippen LogP contribution in [-0.4, -0.2) is 12.1 Å². The molecule has 0 saturated heterocycles. The summed E-state index contributed by atoms with van der Waals surface area (Å²) in [6.07, 6.45) is 16.6. The fourth-order valence-corrected chi connectivity index (χ4v) is 3.97. The molecule has 1 rings (SSSR count). The first-order valence-corrected chi connectivity index (χ1v) is 14.0. The normalized spacial score (nSPS) is 13.7. The summed E-state index contributed by atoms with van der Waals surface area (Å²) in [7, 11) is 0. The minimum absolute atomic E-state index is 0.235. The van der Waals surface area contributed by atoms with Crippen LogP contribution in [0.2, 0.25) is 0 Å². The van der Waals surface area contributed by atoms with Crippen molar-refractivity contribution in [3.8, 4) is 0 Å². The average molecular weight is 521 g/mol. The van der Waals surface area contributed by atoms with E-state index >= 15 is 0 Å². The second-order valence-electron chi connectivity index (χ2n) is 10.2. The highest BCUT2D eigenvalue weighted by molar-refractivity contribution is 5.78. The van der Waals surface area contributed by atoms with Gasteiger partial charge in [-0.15, -0.1) is 0 Å². The molecule has 1 atom stereocenters. The van der Waals surface area contributed by atoms with E-state index in [2.05, 4.69) is 45.1 Å². The zero-order valence-electron chi connectivity index (χ0n) is 23.3. The zero-order valence-corrected chi connectivity index (χ0v) is 23.3. The van der Waals surface area contributed by atoms with Gasteiger partial charge in [0.25, 0.3) is 0 Å². The molecule has 1 aromatic carbocycles. The number of allylic oxidation sites excluding steroid dienone is 6. The first-order valence-electron chi connectivity index (χ1n) is 14.0. The van der Waals surface area contributed by atoms with Crippen LogP contribution in [0, 0.1) is 5.92 Å². The number of hydrogen-bond donors (Lipinski definition) is 0. The van der Waals surface area contributed by atoms with E-state index in [0.29, 0.717) is 17.9 Å². The van der Waals surface area contributed by atoms with E-state index in [1.165, 1.54) is 19.3 Å². The monoisotopic (exact) mass is 520 g/mol. The Hall–Kier alpha value is -2.30. The quantitative estimate of drug-likeness (QED) is 0.0833. The largest absolute Gasteiger partial charge is 0.449 e. The van der Waals surface area contributed by atoms with E-state index in [9.17, 15) is 18.0 Å². The van der Waals surface area contributed by atoms with E-state index in [1.807, 2.05) is 12.1 Å². The molecule has 1 aromatic rings. The number of rotatable bonds is 18. The van der Waals surface area contributed by atoms with Gasteiger partial charge in [-0.2, -0.15) is 13.2 Å². The van der Waals surface area contributed by atoms with Crippen LogP contribution >= 0.6 is 0 Å². The van der Waals surface area contributed by atoms with Gasteiger partial charge in [0.15, 0.2) is 0 Å². The number of carbonyl (C=O) groups excluding carboxylic acids is 1. The third-order valence-electron chi connectivity index (χ3n) is 6.20. The van der Waals surface area contributed by atoms with Crippen LogP contribution in [0.4, 0.5) is 13.2 Å². The standard InChI is InChI=1S/C32H47F3O2/c1-5-6-7-8-9-10-11-12-13-14-15-16-17-18-19-20-30(32(33,34)35)37-31(36)27(4)29-23-21-28(22-24-29)25-26(2)3/h9-10,12-13,20-24,26-27H,5-8,11,14-19,25H2,1-4H3/b10-9-,13-12-,30-20+. The summed E-state index contributed by atoms with van der Waals surface area (Å²) >= 11 is 0. The molecule has 0 heterocycles. The van der Waals surface area contributed by atoms with Crippen molar-refractivity contribution in [1.82, 2.24) is 0 Å². The maximum Gasteiger partial charge on any atom is 0.449 e. The van der Waals surface area contributed by atoms with Gasteiger partial charge < -0.3 is 4.74 Å². The molecule has 0 aliphatic heterocycles. The summed E-state index contributed by atoms with van der Waals surface area (Å²) in [4.78, 5) is 12.4. The number of halogens is 3. The lowest BCUT2D eigenvalue weighted by atomic mass is 9.97. The lowest BCUT2D eigenvalue weighted by Gasteiger charge is -2.16. The van der Waals surface area contributed by atoms with Crippen LogP contribution < -0.4 is 0 Å². The van der Waals surface area contributed by atoms with Gasteiger partial charge in [-0.25, -0.2) is 0 Å². The van der Waals surface area contributed by atoms with Gasteiger partial charge >= 0.3 is 12.1 Å². The Morgan fingerprint density at radius 1 is 0.838 bits per heavy atom. The average Bonchev–Trinajstić information content (AvgIpc) is 2.84. The molecule has 0 bridgehead atoms. The topological polar surface area (TPSA) is 26.3 Å². The number of benzene rings is 1. The van der Waals surface area contributed by atoms with Crippen LogP contribution in [0.5, 0.6) is 0 Å². The minimum atomic E-state index is -4.69. The summed E-state index contributed by atoms with van der Waals surface area (Å²) in [5, 5.41) is 0. The molecular weight excluding hydrogens is 473 g/mol. The van der Waals surface area contributed by atoms with Gasteiger partial charge in [-0.1, -0.05) is 95.0 Å². The molecule has 2 nitrogen and oxygen atoms in total. The molecule has 1 unspecified atom stereocenters. The molecule has 0 spiro atoms. The fraction of sp³-hybridized carbons (Fsp3) is 0.594. The highest BCUT2D eigenvalue weighted by Crippen LogP contribution is 2.30. The summed E-state index contributed by atoms with van der Waals surface area (Å²) < 4.78 is 45.2. The molecule has 0 aliphatic rings. The van der Waals surface area contributed by atoms with Gasteiger partial charge in [-0.3, -0.25) is 4.79 Å². The van der Waals surface area contributed by atoms with E-state index < -0.39 is 23.8 Å². The molecule has 0 radical (unpaired) electrons. The van der Waals surface area contributed by atoms with Crippen molar-refractivity contribution in [2.45, 2.75) is 117 Å². The number of unbranched alkanes of at least 4 members (excludes halogenated alkanes) is 8. The molecule has 0 fully saturated rings. The third kappa shape index (κ3) is 15.5. The Kier molecular flexibility index (Phi) is 16.7. The predicted octanol–water partition coefficient (Wildman–Crippen LogP) is 10.4. The Bertz CT molecular complexity index is 833. The van der Waals surface area contributed by atoms with Crippen LogP contribution in [0.25, 0.3) is 0 Å². The molecule has 0 N–H and O–H groups in total. The Balaban J connectivity index is 2.38. The highest BCUT2D eigenvalue weighted by atomic mass is 19.4. The molecule has 5 heteroatoms. The molecule has 0 saturated carbocycles. The first kappa shape index (κ1) is 32.7. The van der Waals surface area contributed by atoms with Crippen LogP contribution in [0.3, 0.4) is 0 Å². The van der Waals surface area contributed by atoms with Crippen molar-refractivity contribution in [2.75, 3.05) is 0 Å². The van der Waals surface area contributed by atoms with Crippen molar-refractivity contribution in [3.63, 3.8) is 0 Å². The minimum Gasteiger partial charge on any atom is -0.421 e. The van der Waals surface area contributed by atoms with E-state index in [1.54, 1.807) is 19.1 Å². The van der Waals surface area contributed by atoms with Crippen LogP contribution in [0.15, 0.2) is 60.4 Å². The molecule has 37 heavy (non-hydrogen) atoms. The second-order valence-corrected chi connectivity index (χ2v) is 10.2.